The molecule has 0 unspecified atom stereocenters. The molecule has 0 fully saturated rings. The number of nitrogen functional groups attached to an aromatic ring is 1. The highest BCUT2D eigenvalue weighted by Crippen LogP contribution is 2.34. The molecule has 20 heavy (non-hydrogen) atoms. The molecular formula is C10H9NO7S2. The molecule has 2 aromatic carbocycles. The van der Waals surface area contributed by atoms with E-state index < -0.39 is 30.0 Å². The van der Waals surface area contributed by atoms with E-state index in [1.807, 2.05) is 0 Å². The van der Waals surface area contributed by atoms with Gasteiger partial charge in [-0.2, -0.15) is 16.8 Å². The molecule has 0 saturated carbocycles. The van der Waals surface area contributed by atoms with Crippen LogP contribution in [0.3, 0.4) is 0 Å². The predicted molar refractivity (Wildman–Crippen MR) is 69.7 cm³/mol. The summed E-state index contributed by atoms with van der Waals surface area (Å²) < 4.78 is 63.4. The fourth-order valence-corrected chi connectivity index (χ4v) is 3.79. The van der Waals surface area contributed by atoms with E-state index in [2.05, 4.69) is 0 Å². The van der Waals surface area contributed by atoms with Crippen molar-refractivity contribution >= 4 is 36.7 Å². The summed E-state index contributed by atoms with van der Waals surface area (Å²) in [6.07, 6.45) is 0. The lowest BCUT2D eigenvalue weighted by Gasteiger charge is -2.10. The fraction of sp³-hybridized carbons (Fsp3) is 0. The van der Waals surface area contributed by atoms with E-state index >= 15 is 0 Å². The van der Waals surface area contributed by atoms with Crippen LogP contribution >= 0.6 is 0 Å². The van der Waals surface area contributed by atoms with Crippen molar-refractivity contribution in [3.63, 3.8) is 0 Å². The molecule has 0 aliphatic heterocycles. The third-order valence-electron chi connectivity index (χ3n) is 2.62. The number of nitrogens with two attached hydrogens (primary N) is 1. The Morgan fingerprint density at radius 3 is 2.05 bits per heavy atom. The molecule has 0 aromatic heterocycles. The summed E-state index contributed by atoms with van der Waals surface area (Å²) in [4.78, 5) is -1.97. The molecule has 8 nitrogen and oxygen atoms in total. The molecule has 0 spiro atoms. The largest absolute Gasteiger partial charge is 0.506 e. The molecule has 0 amide bonds. The van der Waals surface area contributed by atoms with Crippen LogP contribution in [0.4, 0.5) is 5.69 Å². The van der Waals surface area contributed by atoms with Crippen LogP contribution in [0.25, 0.3) is 10.8 Å². The summed E-state index contributed by atoms with van der Waals surface area (Å²) in [7, 11) is -9.82. The monoisotopic (exact) mass is 319 g/mol. The summed E-state index contributed by atoms with van der Waals surface area (Å²) >= 11 is 0. The molecule has 0 bridgehead atoms. The Kier molecular flexibility index (Phi) is 3.13. The molecule has 2 aromatic rings. The van der Waals surface area contributed by atoms with Gasteiger partial charge in [-0.25, -0.2) is 0 Å². The highest BCUT2D eigenvalue weighted by molar-refractivity contribution is 7.89. The molecular weight excluding hydrogens is 310 g/mol. The molecule has 5 N–H and O–H groups in total. The highest BCUT2D eigenvalue weighted by atomic mass is 32.2. The molecule has 0 aliphatic carbocycles. The van der Waals surface area contributed by atoms with Gasteiger partial charge in [-0.3, -0.25) is 9.11 Å². The van der Waals surface area contributed by atoms with Crippen LogP contribution in [0.5, 0.6) is 5.75 Å². The SMILES string of the molecule is Nc1cc2c(S(=O)(=O)O)c(S(=O)(=O)O)ccc2cc1O. The highest BCUT2D eigenvalue weighted by Gasteiger charge is 2.26. The van der Waals surface area contributed by atoms with Gasteiger partial charge in [0.25, 0.3) is 20.2 Å². The van der Waals surface area contributed by atoms with Gasteiger partial charge < -0.3 is 10.8 Å². The summed E-state index contributed by atoms with van der Waals surface area (Å²) in [5.74, 6) is -0.335. The van der Waals surface area contributed by atoms with Crippen LogP contribution in [0.1, 0.15) is 0 Å². The first-order chi connectivity index (χ1) is 9.01. The second-order valence-electron chi connectivity index (χ2n) is 3.98. The second kappa shape index (κ2) is 4.31. The van der Waals surface area contributed by atoms with Crippen molar-refractivity contribution in [1.29, 1.82) is 0 Å². The van der Waals surface area contributed by atoms with Crippen LogP contribution in [0.15, 0.2) is 34.1 Å². The molecule has 10 heteroatoms. The molecule has 0 aliphatic rings. The van der Waals surface area contributed by atoms with Crippen LogP contribution < -0.4 is 5.73 Å². The van der Waals surface area contributed by atoms with E-state index in [1.165, 1.54) is 0 Å². The third kappa shape index (κ3) is 2.41. The number of hydrogen-bond acceptors (Lipinski definition) is 6. The lowest BCUT2D eigenvalue weighted by Crippen LogP contribution is -2.09. The Balaban J connectivity index is 3.11. The summed E-state index contributed by atoms with van der Waals surface area (Å²) in [5, 5.41) is 9.32. The molecule has 108 valence electrons. The Morgan fingerprint density at radius 2 is 1.55 bits per heavy atom. The first-order valence-corrected chi connectivity index (χ1v) is 7.90. The number of phenolic OH excluding ortho intramolecular Hbond substituents is 1. The Labute approximate surface area is 114 Å². The van der Waals surface area contributed by atoms with E-state index in [0.29, 0.717) is 0 Å². The van der Waals surface area contributed by atoms with Crippen LogP contribution in [0.2, 0.25) is 0 Å². The molecule has 0 heterocycles. The van der Waals surface area contributed by atoms with Crippen molar-refractivity contribution in [2.45, 2.75) is 9.79 Å². The minimum Gasteiger partial charge on any atom is -0.506 e. The average Bonchev–Trinajstić information content (AvgIpc) is 2.26. The third-order valence-corrected chi connectivity index (χ3v) is 4.60. The number of fused-ring (bicyclic) bond motifs is 1. The number of benzene rings is 2. The van der Waals surface area contributed by atoms with Crippen LogP contribution in [-0.2, 0) is 20.2 Å². The van der Waals surface area contributed by atoms with Gasteiger partial charge in [0.05, 0.1) is 5.69 Å². The Morgan fingerprint density at radius 1 is 0.950 bits per heavy atom. The first kappa shape index (κ1) is 14.5. The van der Waals surface area contributed by atoms with Crippen molar-refractivity contribution < 1.29 is 31.0 Å². The Hall–Kier alpha value is -1.88. The maximum atomic E-state index is 11.4. The number of hydrogen-bond donors (Lipinski definition) is 4. The van der Waals surface area contributed by atoms with Crippen LogP contribution in [-0.4, -0.2) is 31.0 Å². The normalized spacial score (nSPS) is 12.7. The molecule has 0 radical (unpaired) electrons. The zero-order valence-electron chi connectivity index (χ0n) is 9.68. The van der Waals surface area contributed by atoms with Gasteiger partial charge in [-0.05, 0) is 23.6 Å². The van der Waals surface area contributed by atoms with Crippen molar-refractivity contribution in [3.05, 3.63) is 24.3 Å². The maximum absolute atomic E-state index is 11.4. The average molecular weight is 319 g/mol. The predicted octanol–water partition coefficient (Wildman–Crippen LogP) is 0.621. The van der Waals surface area contributed by atoms with Gasteiger partial charge in [0.15, 0.2) is 0 Å². The van der Waals surface area contributed by atoms with E-state index in [-0.39, 0.29) is 22.2 Å². The van der Waals surface area contributed by atoms with Crippen molar-refractivity contribution in [1.82, 2.24) is 0 Å². The summed E-state index contributed by atoms with van der Waals surface area (Å²) in [6, 6.07) is 4.05. The quantitative estimate of drug-likeness (QED) is 0.356. The van der Waals surface area contributed by atoms with Gasteiger partial charge in [-0.1, -0.05) is 6.07 Å². The lowest BCUT2D eigenvalue weighted by molar-refractivity contribution is 0.467. The minimum atomic E-state index is -4.95. The zero-order valence-corrected chi connectivity index (χ0v) is 11.3. The van der Waals surface area contributed by atoms with E-state index in [4.69, 9.17) is 10.3 Å². The number of aromatic hydroxyl groups is 1. The van der Waals surface area contributed by atoms with E-state index in [1.54, 1.807) is 0 Å². The van der Waals surface area contributed by atoms with Gasteiger partial charge in [-0.15, -0.1) is 0 Å². The van der Waals surface area contributed by atoms with Crippen molar-refractivity contribution in [2.24, 2.45) is 0 Å². The summed E-state index contributed by atoms with van der Waals surface area (Å²) in [6.45, 7) is 0. The molecule has 2 rings (SSSR count). The van der Waals surface area contributed by atoms with Crippen LogP contribution in [0, 0.1) is 0 Å². The van der Waals surface area contributed by atoms with Crippen molar-refractivity contribution in [2.75, 3.05) is 5.73 Å². The zero-order chi connectivity index (χ0) is 15.3. The van der Waals surface area contributed by atoms with Crippen molar-refractivity contribution in [3.8, 4) is 5.75 Å². The maximum Gasteiger partial charge on any atom is 0.296 e. The van der Waals surface area contributed by atoms with E-state index in [9.17, 15) is 26.5 Å². The Bertz CT molecular complexity index is 916. The molecule has 0 saturated heterocycles. The number of anilines is 1. The fourth-order valence-electron chi connectivity index (χ4n) is 1.80. The van der Waals surface area contributed by atoms with Gasteiger partial charge in [0.1, 0.15) is 15.5 Å². The first-order valence-electron chi connectivity index (χ1n) is 5.02. The standard InChI is InChI=1S/C10H9NO7S2/c11-7-4-6-5(3-8(7)12)1-2-9(19(13,14)15)10(6)20(16,17)18/h1-4,12H,11H2,(H,13,14,15)(H,16,17,18). The van der Waals surface area contributed by atoms with Gasteiger partial charge >= 0.3 is 0 Å². The van der Waals surface area contributed by atoms with Gasteiger partial charge in [0.2, 0.25) is 0 Å². The lowest BCUT2D eigenvalue weighted by atomic mass is 10.1. The second-order valence-corrected chi connectivity index (χ2v) is 6.72. The van der Waals surface area contributed by atoms with E-state index in [0.717, 1.165) is 24.3 Å². The number of phenols is 1. The smallest absolute Gasteiger partial charge is 0.296 e. The number of rotatable bonds is 2. The molecule has 0 atom stereocenters. The minimum absolute atomic E-state index is 0.122. The topological polar surface area (TPSA) is 155 Å². The summed E-state index contributed by atoms with van der Waals surface area (Å²) in [5.41, 5.74) is 5.21. The van der Waals surface area contributed by atoms with Gasteiger partial charge in [0, 0.05) is 5.39 Å².